The standard InChI is InChI=1S/C15H25NO2/c1-13(2)5-6-14(17)15(7-3-4-8-15)16-9-11-18-12-10-16/h1,3-12H2,2H3. The normalized spacial score (nSPS) is 24.1. The zero-order valence-electron chi connectivity index (χ0n) is 11.5. The molecule has 1 saturated carbocycles. The largest absolute Gasteiger partial charge is 0.379 e. The molecule has 0 spiro atoms. The Hall–Kier alpha value is -0.670. The van der Waals surface area contributed by atoms with Crippen LogP contribution in [0.2, 0.25) is 0 Å². The van der Waals surface area contributed by atoms with Crippen LogP contribution in [-0.2, 0) is 9.53 Å². The molecule has 1 aliphatic carbocycles. The van der Waals surface area contributed by atoms with E-state index in [1.807, 2.05) is 6.92 Å². The molecule has 3 nitrogen and oxygen atoms in total. The molecule has 2 aliphatic rings. The van der Waals surface area contributed by atoms with Crippen LogP contribution in [0.1, 0.15) is 45.4 Å². The van der Waals surface area contributed by atoms with E-state index in [0.717, 1.165) is 51.1 Å². The Bertz CT molecular complexity index is 312. The summed E-state index contributed by atoms with van der Waals surface area (Å²) in [4.78, 5) is 15.0. The van der Waals surface area contributed by atoms with Gasteiger partial charge in [0.05, 0.1) is 18.8 Å². The van der Waals surface area contributed by atoms with E-state index < -0.39 is 0 Å². The summed E-state index contributed by atoms with van der Waals surface area (Å²) in [6.45, 7) is 9.28. The van der Waals surface area contributed by atoms with Crippen molar-refractivity contribution < 1.29 is 9.53 Å². The van der Waals surface area contributed by atoms with Crippen molar-refractivity contribution in [1.82, 2.24) is 4.90 Å². The predicted molar refractivity (Wildman–Crippen MR) is 72.6 cm³/mol. The molecule has 1 saturated heterocycles. The van der Waals surface area contributed by atoms with Gasteiger partial charge in [0.2, 0.25) is 0 Å². The molecule has 0 atom stereocenters. The zero-order chi connectivity index (χ0) is 13.0. The molecule has 1 heterocycles. The minimum atomic E-state index is -0.167. The van der Waals surface area contributed by atoms with E-state index in [0.29, 0.717) is 12.2 Å². The van der Waals surface area contributed by atoms with Crippen LogP contribution in [-0.4, -0.2) is 42.5 Å². The fourth-order valence-electron chi connectivity index (χ4n) is 3.28. The topological polar surface area (TPSA) is 29.5 Å². The third-order valence-electron chi connectivity index (χ3n) is 4.35. The molecular weight excluding hydrogens is 226 g/mol. The Morgan fingerprint density at radius 2 is 1.83 bits per heavy atom. The van der Waals surface area contributed by atoms with Crippen LogP contribution in [0.4, 0.5) is 0 Å². The van der Waals surface area contributed by atoms with Gasteiger partial charge in [-0.2, -0.15) is 0 Å². The smallest absolute Gasteiger partial charge is 0.153 e. The molecule has 1 aliphatic heterocycles. The molecule has 0 N–H and O–H groups in total. The second kappa shape index (κ2) is 5.98. The highest BCUT2D eigenvalue weighted by Crippen LogP contribution is 2.37. The number of carbonyl (C=O) groups is 1. The number of nitrogens with zero attached hydrogens (tertiary/aromatic N) is 1. The molecule has 0 unspecified atom stereocenters. The fourth-order valence-corrected chi connectivity index (χ4v) is 3.28. The monoisotopic (exact) mass is 251 g/mol. The highest BCUT2D eigenvalue weighted by atomic mass is 16.5. The van der Waals surface area contributed by atoms with Crippen molar-refractivity contribution in [2.75, 3.05) is 26.3 Å². The van der Waals surface area contributed by atoms with Crippen molar-refractivity contribution in [2.24, 2.45) is 0 Å². The van der Waals surface area contributed by atoms with Crippen LogP contribution in [0.25, 0.3) is 0 Å². The van der Waals surface area contributed by atoms with Crippen LogP contribution >= 0.6 is 0 Å². The number of Topliss-reactive ketones (excluding diaryl/α,β-unsaturated/α-hetero) is 1. The molecule has 0 aromatic carbocycles. The second-order valence-corrected chi connectivity index (χ2v) is 5.72. The maximum atomic E-state index is 12.6. The molecule has 0 bridgehead atoms. The van der Waals surface area contributed by atoms with E-state index in [4.69, 9.17) is 4.74 Å². The molecule has 0 amide bonds. The summed E-state index contributed by atoms with van der Waals surface area (Å²) in [5, 5.41) is 0. The number of allylic oxidation sites excluding steroid dienone is 1. The number of morpholine rings is 1. The SMILES string of the molecule is C=C(C)CCC(=O)C1(N2CCOCC2)CCCC1. The summed E-state index contributed by atoms with van der Waals surface area (Å²) in [5.41, 5.74) is 0.942. The molecule has 2 fully saturated rings. The number of hydrogen-bond acceptors (Lipinski definition) is 3. The molecule has 0 aromatic rings. The summed E-state index contributed by atoms with van der Waals surface area (Å²) in [5.74, 6) is 0.435. The lowest BCUT2D eigenvalue weighted by Gasteiger charge is -2.42. The fraction of sp³-hybridized carbons (Fsp3) is 0.800. The van der Waals surface area contributed by atoms with Gasteiger partial charge < -0.3 is 4.74 Å². The number of ether oxygens (including phenoxy) is 1. The van der Waals surface area contributed by atoms with Gasteiger partial charge in [-0.05, 0) is 26.2 Å². The first kappa shape index (κ1) is 13.8. The van der Waals surface area contributed by atoms with Crippen molar-refractivity contribution in [3.8, 4) is 0 Å². The summed E-state index contributed by atoms with van der Waals surface area (Å²) in [7, 11) is 0. The Kier molecular flexibility index (Phi) is 4.57. The molecular formula is C15H25NO2. The number of rotatable bonds is 5. The number of hydrogen-bond donors (Lipinski definition) is 0. The maximum absolute atomic E-state index is 12.6. The predicted octanol–water partition coefficient (Wildman–Crippen LogP) is 2.56. The van der Waals surface area contributed by atoms with E-state index in [1.54, 1.807) is 0 Å². The van der Waals surface area contributed by atoms with E-state index in [2.05, 4.69) is 11.5 Å². The summed E-state index contributed by atoms with van der Waals surface area (Å²) in [6.07, 6.45) is 5.97. The van der Waals surface area contributed by atoms with Gasteiger partial charge in [-0.25, -0.2) is 0 Å². The van der Waals surface area contributed by atoms with Crippen molar-refractivity contribution in [3.63, 3.8) is 0 Å². The maximum Gasteiger partial charge on any atom is 0.153 e. The lowest BCUT2D eigenvalue weighted by atomic mass is 9.86. The molecule has 2 rings (SSSR count). The minimum absolute atomic E-state index is 0.167. The molecule has 102 valence electrons. The second-order valence-electron chi connectivity index (χ2n) is 5.72. The van der Waals surface area contributed by atoms with Gasteiger partial charge >= 0.3 is 0 Å². The van der Waals surface area contributed by atoms with Crippen LogP contribution in [0.5, 0.6) is 0 Å². The Morgan fingerprint density at radius 3 is 2.39 bits per heavy atom. The van der Waals surface area contributed by atoms with Crippen molar-refractivity contribution in [1.29, 1.82) is 0 Å². The number of carbonyl (C=O) groups excluding carboxylic acids is 1. The van der Waals surface area contributed by atoms with Crippen molar-refractivity contribution >= 4 is 5.78 Å². The van der Waals surface area contributed by atoms with E-state index >= 15 is 0 Å². The quantitative estimate of drug-likeness (QED) is 0.703. The first-order valence-corrected chi connectivity index (χ1v) is 7.16. The highest BCUT2D eigenvalue weighted by Gasteiger charge is 2.45. The van der Waals surface area contributed by atoms with E-state index in [-0.39, 0.29) is 5.54 Å². The number of ketones is 1. The summed E-state index contributed by atoms with van der Waals surface area (Å²) >= 11 is 0. The van der Waals surface area contributed by atoms with Gasteiger partial charge in [0.15, 0.2) is 5.78 Å². The molecule has 0 radical (unpaired) electrons. The lowest BCUT2D eigenvalue weighted by Crippen LogP contribution is -2.56. The summed E-state index contributed by atoms with van der Waals surface area (Å²) < 4.78 is 5.42. The Labute approximate surface area is 110 Å². The molecule has 0 aromatic heterocycles. The van der Waals surface area contributed by atoms with Crippen LogP contribution in [0, 0.1) is 0 Å². The minimum Gasteiger partial charge on any atom is -0.379 e. The van der Waals surface area contributed by atoms with E-state index in [1.165, 1.54) is 12.8 Å². The summed E-state index contributed by atoms with van der Waals surface area (Å²) in [6, 6.07) is 0. The Morgan fingerprint density at radius 1 is 1.22 bits per heavy atom. The lowest BCUT2D eigenvalue weighted by molar-refractivity contribution is -0.134. The molecule has 3 heteroatoms. The van der Waals surface area contributed by atoms with Crippen molar-refractivity contribution in [3.05, 3.63) is 12.2 Å². The van der Waals surface area contributed by atoms with Crippen molar-refractivity contribution in [2.45, 2.75) is 51.0 Å². The van der Waals surface area contributed by atoms with E-state index in [9.17, 15) is 4.79 Å². The molecule has 18 heavy (non-hydrogen) atoms. The zero-order valence-corrected chi connectivity index (χ0v) is 11.5. The van der Waals surface area contributed by atoms with Gasteiger partial charge in [0.25, 0.3) is 0 Å². The first-order chi connectivity index (χ1) is 8.65. The average Bonchev–Trinajstić information content (AvgIpc) is 2.87. The third kappa shape index (κ3) is 2.83. The van der Waals surface area contributed by atoms with Gasteiger partial charge in [0, 0.05) is 19.5 Å². The average molecular weight is 251 g/mol. The van der Waals surface area contributed by atoms with Gasteiger partial charge in [-0.3, -0.25) is 9.69 Å². The van der Waals surface area contributed by atoms with Crippen LogP contribution in [0.15, 0.2) is 12.2 Å². The van der Waals surface area contributed by atoms with Gasteiger partial charge in [0.1, 0.15) is 0 Å². The highest BCUT2D eigenvalue weighted by molar-refractivity contribution is 5.89. The third-order valence-corrected chi connectivity index (χ3v) is 4.35. The van der Waals surface area contributed by atoms with Gasteiger partial charge in [-0.1, -0.05) is 18.4 Å². The van der Waals surface area contributed by atoms with Crippen LogP contribution < -0.4 is 0 Å². The first-order valence-electron chi connectivity index (χ1n) is 7.16. The Balaban J connectivity index is 2.05. The van der Waals surface area contributed by atoms with Gasteiger partial charge in [-0.15, -0.1) is 6.58 Å². The van der Waals surface area contributed by atoms with Crippen LogP contribution in [0.3, 0.4) is 0 Å².